The lowest BCUT2D eigenvalue weighted by Gasteiger charge is -2.34. The fourth-order valence-corrected chi connectivity index (χ4v) is 3.96. The molecule has 4 nitrogen and oxygen atoms in total. The molecule has 1 atom stereocenters. The molecule has 0 fully saturated rings. The Morgan fingerprint density at radius 1 is 1.06 bits per heavy atom. The van der Waals surface area contributed by atoms with Crippen LogP contribution in [0.3, 0.4) is 0 Å². The minimum atomic E-state index is -1.83. The van der Waals surface area contributed by atoms with Crippen molar-refractivity contribution in [2.24, 2.45) is 5.73 Å². The normalized spacial score (nSPS) is 15.2. The second kappa shape index (κ2) is 10.0. The van der Waals surface area contributed by atoms with Gasteiger partial charge in [-0.05, 0) is 19.4 Å². The van der Waals surface area contributed by atoms with Crippen LogP contribution in [0.2, 0.25) is 0 Å². The first-order valence-corrected chi connectivity index (χ1v) is 8.26. The summed E-state index contributed by atoms with van der Waals surface area (Å²) in [5, 5.41) is 3.01. The highest BCUT2D eigenvalue weighted by molar-refractivity contribution is 6.48. The smallest absolute Gasteiger partial charge is 0.356 e. The van der Waals surface area contributed by atoms with Gasteiger partial charge in [0.15, 0.2) is 0 Å². The second-order valence-electron chi connectivity index (χ2n) is 4.58. The highest BCUT2D eigenvalue weighted by atomic mass is 28.3. The largest absolute Gasteiger partial charge is 0.398 e. The van der Waals surface area contributed by atoms with Crippen molar-refractivity contribution in [3.63, 3.8) is 0 Å². The van der Waals surface area contributed by atoms with Crippen LogP contribution in [0.25, 0.3) is 0 Å². The molecule has 0 rings (SSSR count). The van der Waals surface area contributed by atoms with Crippen molar-refractivity contribution in [3.05, 3.63) is 0 Å². The van der Waals surface area contributed by atoms with Gasteiger partial charge in [0, 0.05) is 14.2 Å². The first kappa shape index (κ1) is 17.1. The Kier molecular flexibility index (Phi) is 10.1. The van der Waals surface area contributed by atoms with Crippen molar-refractivity contribution in [1.82, 2.24) is 5.32 Å². The van der Waals surface area contributed by atoms with Gasteiger partial charge in [0.05, 0.1) is 0 Å². The monoisotopic (exact) mass is 262 g/mol. The molecule has 0 saturated carbocycles. The number of nitrogens with one attached hydrogen (secondary N) is 1. The van der Waals surface area contributed by atoms with Gasteiger partial charge in [-0.2, -0.15) is 0 Å². The average molecular weight is 262 g/mol. The summed E-state index contributed by atoms with van der Waals surface area (Å²) in [5.74, 6) is 0. The maximum Gasteiger partial charge on any atom is 0.356 e. The van der Waals surface area contributed by atoms with Crippen molar-refractivity contribution < 1.29 is 8.85 Å². The van der Waals surface area contributed by atoms with E-state index in [0.717, 1.165) is 19.4 Å². The highest BCUT2D eigenvalue weighted by Crippen LogP contribution is 2.12. The van der Waals surface area contributed by atoms with Crippen LogP contribution in [0.5, 0.6) is 0 Å². The first-order valence-electron chi connectivity index (χ1n) is 6.74. The number of hydrogen-bond donors (Lipinski definition) is 2. The van der Waals surface area contributed by atoms with Gasteiger partial charge < -0.3 is 14.6 Å². The molecule has 0 saturated heterocycles. The molecular formula is C12H30N2O2Si. The predicted octanol–water partition coefficient (Wildman–Crippen LogP) is 1.66. The van der Waals surface area contributed by atoms with Crippen molar-refractivity contribution in [1.29, 1.82) is 0 Å². The van der Waals surface area contributed by atoms with Crippen LogP contribution < -0.4 is 11.1 Å². The third kappa shape index (κ3) is 6.52. The molecule has 0 aromatic carbocycles. The third-order valence-electron chi connectivity index (χ3n) is 3.00. The molecule has 0 aliphatic rings. The van der Waals surface area contributed by atoms with Crippen molar-refractivity contribution in [2.45, 2.75) is 57.7 Å². The van der Waals surface area contributed by atoms with Crippen LogP contribution in [0.1, 0.15) is 52.4 Å². The molecule has 0 aliphatic carbocycles. The zero-order chi connectivity index (χ0) is 13.1. The Morgan fingerprint density at radius 3 is 2.18 bits per heavy atom. The van der Waals surface area contributed by atoms with Crippen LogP contribution in [0.4, 0.5) is 0 Å². The van der Waals surface area contributed by atoms with Gasteiger partial charge in [0.1, 0.15) is 5.29 Å². The molecule has 0 spiro atoms. The molecule has 17 heavy (non-hydrogen) atoms. The van der Waals surface area contributed by atoms with Gasteiger partial charge in [-0.25, -0.2) is 0 Å². The molecule has 1 unspecified atom stereocenters. The number of unbranched alkanes of at least 4 members (excludes halogenated alkanes) is 3. The van der Waals surface area contributed by atoms with E-state index in [-0.39, 0.29) is 0 Å². The summed E-state index contributed by atoms with van der Waals surface area (Å²) in [6, 6.07) is 0. The van der Waals surface area contributed by atoms with Crippen molar-refractivity contribution in [2.75, 3.05) is 20.8 Å². The van der Waals surface area contributed by atoms with E-state index in [2.05, 4.69) is 19.2 Å². The standard InChI is InChI=1S/C12H30N2O2Si/c1-5-7-8-9-11-14-12(13,10-6-2)17(15-3)16-4/h14,17H,5-11,13H2,1-4H3. The topological polar surface area (TPSA) is 56.5 Å². The van der Waals surface area contributed by atoms with Crippen LogP contribution in [-0.2, 0) is 8.85 Å². The van der Waals surface area contributed by atoms with E-state index in [1.807, 2.05) is 0 Å². The Hall–Kier alpha value is 0.0569. The summed E-state index contributed by atoms with van der Waals surface area (Å²) in [6.45, 7) is 5.31. The molecule has 5 heteroatoms. The lowest BCUT2D eigenvalue weighted by atomic mass is 10.2. The quantitative estimate of drug-likeness (QED) is 0.338. The summed E-state index contributed by atoms with van der Waals surface area (Å²) in [5.41, 5.74) is 6.39. The van der Waals surface area contributed by atoms with E-state index in [0.29, 0.717) is 0 Å². The molecule has 0 radical (unpaired) electrons. The lowest BCUT2D eigenvalue weighted by molar-refractivity contribution is 0.218. The van der Waals surface area contributed by atoms with Crippen LogP contribution in [0, 0.1) is 0 Å². The summed E-state index contributed by atoms with van der Waals surface area (Å²) in [6.07, 6.45) is 6.93. The highest BCUT2D eigenvalue weighted by Gasteiger charge is 2.37. The van der Waals surface area contributed by atoms with E-state index in [1.165, 1.54) is 25.7 Å². The second-order valence-corrected chi connectivity index (χ2v) is 7.22. The Labute approximate surface area is 108 Å². The molecule has 3 N–H and O–H groups in total. The molecule has 0 bridgehead atoms. The fourth-order valence-electron chi connectivity index (χ4n) is 2.09. The minimum absolute atomic E-state index is 0.440. The van der Waals surface area contributed by atoms with Crippen LogP contribution in [0.15, 0.2) is 0 Å². The zero-order valence-corrected chi connectivity index (χ0v) is 13.1. The van der Waals surface area contributed by atoms with Gasteiger partial charge in [-0.3, -0.25) is 5.32 Å². The summed E-state index contributed by atoms with van der Waals surface area (Å²) in [7, 11) is 1.55. The number of nitrogens with two attached hydrogens (primary N) is 1. The molecule has 0 amide bonds. The first-order chi connectivity index (χ1) is 8.14. The summed E-state index contributed by atoms with van der Waals surface area (Å²) >= 11 is 0. The summed E-state index contributed by atoms with van der Waals surface area (Å²) in [4.78, 5) is 0. The molecule has 0 aromatic rings. The van der Waals surface area contributed by atoms with E-state index in [9.17, 15) is 0 Å². The number of hydrogen-bond acceptors (Lipinski definition) is 4. The molecule has 104 valence electrons. The van der Waals surface area contributed by atoms with Crippen molar-refractivity contribution >= 4 is 9.28 Å². The summed E-state index contributed by atoms with van der Waals surface area (Å²) < 4.78 is 10.8. The van der Waals surface area contributed by atoms with E-state index in [4.69, 9.17) is 14.6 Å². The third-order valence-corrected chi connectivity index (χ3v) is 5.19. The Morgan fingerprint density at radius 2 is 1.71 bits per heavy atom. The fraction of sp³-hybridized carbons (Fsp3) is 1.00. The van der Waals surface area contributed by atoms with Gasteiger partial charge in [0.25, 0.3) is 0 Å². The zero-order valence-electron chi connectivity index (χ0n) is 11.9. The van der Waals surface area contributed by atoms with Crippen LogP contribution >= 0.6 is 0 Å². The molecule has 0 aromatic heterocycles. The van der Waals surface area contributed by atoms with Gasteiger partial charge in [-0.1, -0.05) is 39.5 Å². The van der Waals surface area contributed by atoms with Gasteiger partial charge in [0.2, 0.25) is 0 Å². The van der Waals surface area contributed by atoms with Crippen molar-refractivity contribution in [3.8, 4) is 0 Å². The Bertz CT molecular complexity index is 180. The van der Waals surface area contributed by atoms with E-state index < -0.39 is 14.6 Å². The van der Waals surface area contributed by atoms with Gasteiger partial charge in [-0.15, -0.1) is 0 Å². The SMILES string of the molecule is CCCCCCNC(N)(CCC)[SiH](OC)OC. The predicted molar refractivity (Wildman–Crippen MR) is 75.1 cm³/mol. The molecule has 0 aliphatic heterocycles. The Balaban J connectivity index is 4.10. The lowest BCUT2D eigenvalue weighted by Crippen LogP contribution is -2.66. The average Bonchev–Trinajstić information content (AvgIpc) is 2.30. The minimum Gasteiger partial charge on any atom is -0.398 e. The maximum atomic E-state index is 6.39. The maximum absolute atomic E-state index is 6.39. The van der Waals surface area contributed by atoms with Crippen LogP contribution in [-0.4, -0.2) is 35.3 Å². The molecule has 0 heterocycles. The van der Waals surface area contributed by atoms with E-state index >= 15 is 0 Å². The molecular weight excluding hydrogens is 232 g/mol. The van der Waals surface area contributed by atoms with E-state index in [1.54, 1.807) is 14.2 Å². The van der Waals surface area contributed by atoms with Gasteiger partial charge >= 0.3 is 9.28 Å². The number of rotatable bonds is 11.